The van der Waals surface area contributed by atoms with Crippen LogP contribution in [0.4, 0.5) is 5.69 Å². The van der Waals surface area contributed by atoms with E-state index in [1.165, 1.54) is 16.9 Å². The van der Waals surface area contributed by atoms with Crippen LogP contribution in [0.2, 0.25) is 8.67 Å². The van der Waals surface area contributed by atoms with Crippen LogP contribution in [0.5, 0.6) is 0 Å². The minimum Gasteiger partial charge on any atom is -0.399 e. The smallest absolute Gasteiger partial charge is 0.254 e. The van der Waals surface area contributed by atoms with Gasteiger partial charge in [-0.05, 0) is 48.6 Å². The van der Waals surface area contributed by atoms with E-state index in [4.69, 9.17) is 28.9 Å². The number of hydrogen-bond acceptors (Lipinski definition) is 3. The molecule has 0 radical (unpaired) electrons. The molecule has 21 heavy (non-hydrogen) atoms. The number of carbonyl (C=O) groups is 1. The Bertz CT molecular complexity index is 699. The van der Waals surface area contributed by atoms with Gasteiger partial charge in [0, 0.05) is 5.69 Å². The van der Waals surface area contributed by atoms with E-state index in [0.717, 1.165) is 30.5 Å². The number of nitrogen functional groups attached to an aromatic ring is 1. The van der Waals surface area contributed by atoms with Gasteiger partial charge in [-0.15, -0.1) is 11.3 Å². The number of nitrogens with two attached hydrogens (primary N) is 1. The Morgan fingerprint density at radius 3 is 2.86 bits per heavy atom. The molecule has 1 amide bonds. The van der Waals surface area contributed by atoms with Gasteiger partial charge in [0.1, 0.15) is 4.34 Å². The fourth-order valence-corrected chi connectivity index (χ4v) is 4.17. The number of aryl methyl sites for hydroxylation is 1. The molecule has 0 bridgehead atoms. The van der Waals surface area contributed by atoms with Crippen molar-refractivity contribution in [2.45, 2.75) is 25.3 Å². The highest BCUT2D eigenvalue weighted by Crippen LogP contribution is 2.34. The minimum absolute atomic E-state index is 0.00316. The molecule has 3 N–H and O–H groups in total. The third-order valence-electron chi connectivity index (χ3n) is 3.69. The summed E-state index contributed by atoms with van der Waals surface area (Å²) < 4.78 is 0.938. The van der Waals surface area contributed by atoms with Crippen molar-refractivity contribution in [2.24, 2.45) is 0 Å². The maximum atomic E-state index is 12.4. The van der Waals surface area contributed by atoms with Crippen LogP contribution >= 0.6 is 34.5 Å². The number of benzene rings is 1. The van der Waals surface area contributed by atoms with Crippen molar-refractivity contribution in [1.29, 1.82) is 0 Å². The second-order valence-corrected chi connectivity index (χ2v) is 7.40. The maximum Gasteiger partial charge on any atom is 0.254 e. The number of amides is 1. The number of fused-ring (bicyclic) bond motifs is 1. The van der Waals surface area contributed by atoms with Gasteiger partial charge in [-0.3, -0.25) is 4.79 Å². The van der Waals surface area contributed by atoms with Gasteiger partial charge in [0.05, 0.1) is 15.9 Å². The lowest BCUT2D eigenvalue weighted by atomic mass is 9.87. The molecule has 1 aliphatic carbocycles. The van der Waals surface area contributed by atoms with Crippen LogP contribution in [-0.4, -0.2) is 5.91 Å². The Hall–Kier alpha value is -1.23. The lowest BCUT2D eigenvalue weighted by Gasteiger charge is -2.26. The molecule has 1 aliphatic rings. The molecule has 2 aromatic rings. The molecule has 0 saturated heterocycles. The predicted molar refractivity (Wildman–Crippen MR) is 88.3 cm³/mol. The van der Waals surface area contributed by atoms with Gasteiger partial charge in [-0.2, -0.15) is 0 Å². The van der Waals surface area contributed by atoms with E-state index in [9.17, 15) is 4.79 Å². The average molecular weight is 341 g/mol. The number of hydrogen-bond donors (Lipinski definition) is 2. The van der Waals surface area contributed by atoms with E-state index >= 15 is 0 Å². The van der Waals surface area contributed by atoms with Gasteiger partial charge in [0.25, 0.3) is 5.91 Å². The van der Waals surface area contributed by atoms with E-state index in [1.807, 2.05) is 18.2 Å². The van der Waals surface area contributed by atoms with Crippen molar-refractivity contribution in [1.82, 2.24) is 5.32 Å². The quantitative estimate of drug-likeness (QED) is 0.793. The molecule has 1 aromatic heterocycles. The van der Waals surface area contributed by atoms with Crippen LogP contribution in [0.3, 0.4) is 0 Å². The van der Waals surface area contributed by atoms with Crippen LogP contribution < -0.4 is 11.1 Å². The summed E-state index contributed by atoms with van der Waals surface area (Å²) in [5, 5.41) is 3.05. The fourth-order valence-electron chi connectivity index (χ4n) is 2.72. The average Bonchev–Trinajstić information content (AvgIpc) is 2.77. The first-order valence-corrected chi connectivity index (χ1v) is 8.26. The first-order valence-electron chi connectivity index (χ1n) is 6.68. The third kappa shape index (κ3) is 3.03. The highest BCUT2D eigenvalue weighted by molar-refractivity contribution is 7.20. The fraction of sp³-hybridized carbons (Fsp3) is 0.267. The first kappa shape index (κ1) is 14.7. The summed E-state index contributed by atoms with van der Waals surface area (Å²) in [6, 6.07) is 7.46. The normalized spacial score (nSPS) is 17.3. The second-order valence-electron chi connectivity index (χ2n) is 5.11. The Kier molecular flexibility index (Phi) is 4.11. The van der Waals surface area contributed by atoms with Gasteiger partial charge in [-0.1, -0.05) is 29.3 Å². The van der Waals surface area contributed by atoms with Crippen LogP contribution in [0, 0.1) is 0 Å². The molecule has 1 heterocycles. The van der Waals surface area contributed by atoms with Crippen LogP contribution in [0.15, 0.2) is 24.3 Å². The number of carbonyl (C=O) groups excluding carboxylic acids is 1. The predicted octanol–water partition coefficient (Wildman–Crippen LogP) is 4.44. The Labute approximate surface area is 137 Å². The SMILES string of the molecule is Nc1ccc2c(c1)CCCC2NC(=O)c1cc(Cl)sc1Cl. The summed E-state index contributed by atoms with van der Waals surface area (Å²) in [6.07, 6.45) is 2.94. The number of rotatable bonds is 2. The topological polar surface area (TPSA) is 55.1 Å². The lowest BCUT2D eigenvalue weighted by molar-refractivity contribution is 0.0933. The van der Waals surface area contributed by atoms with E-state index in [2.05, 4.69) is 5.32 Å². The molecule has 0 fully saturated rings. The van der Waals surface area contributed by atoms with Gasteiger partial charge in [0.2, 0.25) is 0 Å². The molecular weight excluding hydrogens is 327 g/mol. The molecule has 0 saturated carbocycles. The van der Waals surface area contributed by atoms with Gasteiger partial charge < -0.3 is 11.1 Å². The maximum absolute atomic E-state index is 12.4. The van der Waals surface area contributed by atoms with Crippen molar-refractivity contribution >= 4 is 46.1 Å². The van der Waals surface area contributed by atoms with Gasteiger partial charge in [0.15, 0.2) is 0 Å². The first-order chi connectivity index (χ1) is 10.0. The van der Waals surface area contributed by atoms with E-state index in [0.29, 0.717) is 14.2 Å². The third-order valence-corrected chi connectivity index (χ3v) is 5.18. The monoisotopic (exact) mass is 340 g/mol. The number of thiophene rings is 1. The minimum atomic E-state index is -0.183. The zero-order valence-electron chi connectivity index (χ0n) is 11.2. The number of halogens is 2. The van der Waals surface area contributed by atoms with Crippen molar-refractivity contribution in [3.8, 4) is 0 Å². The summed E-state index contributed by atoms with van der Waals surface area (Å²) in [4.78, 5) is 12.4. The van der Waals surface area contributed by atoms with E-state index in [1.54, 1.807) is 6.07 Å². The Morgan fingerprint density at radius 2 is 2.14 bits per heavy atom. The van der Waals surface area contributed by atoms with Gasteiger partial charge in [-0.25, -0.2) is 0 Å². The van der Waals surface area contributed by atoms with Crippen molar-refractivity contribution in [2.75, 3.05) is 5.73 Å². The largest absolute Gasteiger partial charge is 0.399 e. The van der Waals surface area contributed by atoms with Crippen molar-refractivity contribution in [3.63, 3.8) is 0 Å². The van der Waals surface area contributed by atoms with Crippen LogP contribution in [0.1, 0.15) is 40.4 Å². The Balaban J connectivity index is 1.83. The molecule has 3 nitrogen and oxygen atoms in total. The lowest BCUT2D eigenvalue weighted by Crippen LogP contribution is -2.30. The Morgan fingerprint density at radius 1 is 1.33 bits per heavy atom. The summed E-state index contributed by atoms with van der Waals surface area (Å²) >= 11 is 13.1. The standard InChI is InChI=1S/C15H14Cl2N2OS/c16-13-7-11(14(17)21-13)15(20)19-12-3-1-2-8-6-9(18)4-5-10(8)12/h4-7,12H,1-3,18H2,(H,19,20). The molecule has 3 rings (SSSR count). The number of nitrogens with one attached hydrogen (secondary N) is 1. The summed E-state index contributed by atoms with van der Waals surface area (Å²) in [7, 11) is 0. The molecule has 6 heteroatoms. The highest BCUT2D eigenvalue weighted by atomic mass is 35.5. The summed E-state index contributed by atoms with van der Waals surface area (Å²) in [5.41, 5.74) is 9.37. The molecule has 110 valence electrons. The molecule has 1 aromatic carbocycles. The molecule has 0 spiro atoms. The van der Waals surface area contributed by atoms with E-state index < -0.39 is 0 Å². The van der Waals surface area contributed by atoms with Crippen LogP contribution in [0.25, 0.3) is 0 Å². The zero-order chi connectivity index (χ0) is 15.0. The molecule has 1 atom stereocenters. The van der Waals surface area contributed by atoms with Crippen molar-refractivity contribution < 1.29 is 4.79 Å². The molecule has 0 aliphatic heterocycles. The molecular formula is C15H14Cl2N2OS. The molecule has 1 unspecified atom stereocenters. The highest BCUT2D eigenvalue weighted by Gasteiger charge is 2.24. The van der Waals surface area contributed by atoms with Crippen molar-refractivity contribution in [3.05, 3.63) is 49.6 Å². The second kappa shape index (κ2) is 5.87. The van der Waals surface area contributed by atoms with Gasteiger partial charge >= 0.3 is 0 Å². The number of anilines is 1. The van der Waals surface area contributed by atoms with Crippen LogP contribution in [-0.2, 0) is 6.42 Å². The summed E-state index contributed by atoms with van der Waals surface area (Å²) in [5.74, 6) is -0.183. The van der Waals surface area contributed by atoms with E-state index in [-0.39, 0.29) is 11.9 Å². The summed E-state index contributed by atoms with van der Waals surface area (Å²) in [6.45, 7) is 0. The zero-order valence-corrected chi connectivity index (χ0v) is 13.5.